The van der Waals surface area contributed by atoms with Crippen molar-refractivity contribution in [1.82, 2.24) is 9.97 Å². The Labute approximate surface area is 109 Å². The molecule has 2 N–H and O–H groups in total. The molecule has 4 nitrogen and oxygen atoms in total. The van der Waals surface area contributed by atoms with E-state index in [2.05, 4.69) is 9.97 Å². The maximum Gasteiger partial charge on any atom is 0.166 e. The highest BCUT2D eigenvalue weighted by Crippen LogP contribution is 2.21. The molecule has 92 valence electrons. The summed E-state index contributed by atoms with van der Waals surface area (Å²) in [4.78, 5) is 7.95. The van der Waals surface area contributed by atoms with Crippen LogP contribution in [0.2, 0.25) is 0 Å². The summed E-state index contributed by atoms with van der Waals surface area (Å²) >= 11 is 4.79. The molecule has 0 fully saturated rings. The highest BCUT2D eigenvalue weighted by atomic mass is 32.1. The molecular weight excluding hydrogens is 253 g/mol. The first kappa shape index (κ1) is 12.4. The predicted octanol–water partition coefficient (Wildman–Crippen LogP) is 1.83. The van der Waals surface area contributed by atoms with Crippen LogP contribution in [0.1, 0.15) is 11.4 Å². The van der Waals surface area contributed by atoms with Crippen molar-refractivity contribution in [2.45, 2.75) is 6.61 Å². The fraction of sp³-hybridized carbons (Fsp3) is 0.0833. The lowest BCUT2D eigenvalue weighted by atomic mass is 10.2. The molecule has 2 rings (SSSR count). The predicted molar refractivity (Wildman–Crippen MR) is 68.7 cm³/mol. The summed E-state index contributed by atoms with van der Waals surface area (Å²) < 4.78 is 19.0. The Morgan fingerprint density at radius 3 is 2.67 bits per heavy atom. The number of aromatic nitrogens is 2. The van der Waals surface area contributed by atoms with Crippen LogP contribution in [0.3, 0.4) is 0 Å². The standard InChI is InChI=1S/C12H10FN3OS/c13-8-3-1-4-9(11(8)12(14)18)17-7-10-15-5-2-6-16-10/h1-6H,7H2,(H2,14,18). The van der Waals surface area contributed by atoms with Gasteiger partial charge in [-0.25, -0.2) is 14.4 Å². The number of thiocarbonyl (C=S) groups is 1. The van der Waals surface area contributed by atoms with Crippen molar-refractivity contribution in [1.29, 1.82) is 0 Å². The molecule has 0 aliphatic carbocycles. The van der Waals surface area contributed by atoms with Crippen molar-refractivity contribution in [2.24, 2.45) is 5.73 Å². The summed E-state index contributed by atoms with van der Waals surface area (Å²) in [7, 11) is 0. The molecule has 2 aromatic rings. The van der Waals surface area contributed by atoms with E-state index in [-0.39, 0.29) is 22.9 Å². The van der Waals surface area contributed by atoms with Crippen molar-refractivity contribution < 1.29 is 9.13 Å². The third-order valence-electron chi connectivity index (χ3n) is 2.20. The zero-order chi connectivity index (χ0) is 13.0. The van der Waals surface area contributed by atoms with E-state index >= 15 is 0 Å². The van der Waals surface area contributed by atoms with Crippen LogP contribution in [-0.2, 0) is 6.61 Å². The number of nitrogens with zero attached hydrogens (tertiary/aromatic N) is 2. The topological polar surface area (TPSA) is 61.0 Å². The number of benzene rings is 1. The third-order valence-corrected chi connectivity index (χ3v) is 2.40. The van der Waals surface area contributed by atoms with Gasteiger partial charge in [0.25, 0.3) is 0 Å². The summed E-state index contributed by atoms with van der Waals surface area (Å²) in [6, 6.07) is 6.10. The van der Waals surface area contributed by atoms with E-state index in [1.165, 1.54) is 12.1 Å². The average Bonchev–Trinajstić information content (AvgIpc) is 2.37. The Bertz CT molecular complexity index is 563. The van der Waals surface area contributed by atoms with E-state index < -0.39 is 5.82 Å². The maximum absolute atomic E-state index is 13.5. The first-order valence-corrected chi connectivity index (χ1v) is 5.56. The van der Waals surface area contributed by atoms with Crippen LogP contribution in [0.5, 0.6) is 5.75 Å². The second kappa shape index (κ2) is 5.50. The molecule has 1 aromatic heterocycles. The molecular formula is C12H10FN3OS. The summed E-state index contributed by atoms with van der Waals surface area (Å²) in [6.07, 6.45) is 3.21. The minimum Gasteiger partial charge on any atom is -0.485 e. The van der Waals surface area contributed by atoms with Gasteiger partial charge in [-0.15, -0.1) is 0 Å². The Morgan fingerprint density at radius 2 is 2.00 bits per heavy atom. The fourth-order valence-corrected chi connectivity index (χ4v) is 1.61. The molecule has 0 aliphatic heterocycles. The lowest BCUT2D eigenvalue weighted by Crippen LogP contribution is -2.14. The Hall–Kier alpha value is -2.08. The van der Waals surface area contributed by atoms with E-state index in [1.807, 2.05) is 0 Å². The highest BCUT2D eigenvalue weighted by molar-refractivity contribution is 7.80. The lowest BCUT2D eigenvalue weighted by molar-refractivity contribution is 0.293. The van der Waals surface area contributed by atoms with Gasteiger partial charge < -0.3 is 10.5 Å². The van der Waals surface area contributed by atoms with Crippen molar-refractivity contribution in [3.05, 3.63) is 53.9 Å². The summed E-state index contributed by atoms with van der Waals surface area (Å²) in [6.45, 7) is 0.125. The van der Waals surface area contributed by atoms with Gasteiger partial charge in [0, 0.05) is 12.4 Å². The van der Waals surface area contributed by atoms with E-state index in [0.717, 1.165) is 0 Å². The molecule has 1 aromatic carbocycles. The molecule has 1 heterocycles. The van der Waals surface area contributed by atoms with Crippen molar-refractivity contribution in [2.75, 3.05) is 0 Å². The molecule has 0 aliphatic rings. The normalized spacial score (nSPS) is 10.1. The first-order chi connectivity index (χ1) is 8.68. The molecule has 0 spiro atoms. The van der Waals surface area contributed by atoms with Gasteiger partial charge in [-0.05, 0) is 18.2 Å². The molecule has 0 atom stereocenters. The van der Waals surface area contributed by atoms with Crippen LogP contribution in [-0.4, -0.2) is 15.0 Å². The average molecular weight is 263 g/mol. The Balaban J connectivity index is 2.20. The number of hydrogen-bond donors (Lipinski definition) is 1. The lowest BCUT2D eigenvalue weighted by Gasteiger charge is -2.10. The smallest absolute Gasteiger partial charge is 0.166 e. The van der Waals surface area contributed by atoms with Crippen LogP contribution in [0.4, 0.5) is 4.39 Å². The summed E-state index contributed by atoms with van der Waals surface area (Å²) in [5.41, 5.74) is 5.56. The molecule has 0 unspecified atom stereocenters. The van der Waals surface area contributed by atoms with Gasteiger partial charge in [-0.3, -0.25) is 0 Å². The van der Waals surface area contributed by atoms with Gasteiger partial charge in [0.1, 0.15) is 23.2 Å². The number of hydrogen-bond acceptors (Lipinski definition) is 4. The van der Waals surface area contributed by atoms with Gasteiger partial charge >= 0.3 is 0 Å². The molecule has 6 heteroatoms. The van der Waals surface area contributed by atoms with Gasteiger partial charge in [0.05, 0.1) is 5.56 Å². The van der Waals surface area contributed by atoms with Gasteiger partial charge in [-0.2, -0.15) is 0 Å². The highest BCUT2D eigenvalue weighted by Gasteiger charge is 2.12. The maximum atomic E-state index is 13.5. The first-order valence-electron chi connectivity index (χ1n) is 5.15. The number of halogens is 1. The Morgan fingerprint density at radius 1 is 1.28 bits per heavy atom. The number of rotatable bonds is 4. The second-order valence-corrected chi connectivity index (χ2v) is 3.87. The van der Waals surface area contributed by atoms with E-state index in [9.17, 15) is 4.39 Å². The molecule has 0 amide bonds. The van der Waals surface area contributed by atoms with Crippen LogP contribution in [0.15, 0.2) is 36.7 Å². The van der Waals surface area contributed by atoms with Crippen molar-refractivity contribution in [3.63, 3.8) is 0 Å². The van der Waals surface area contributed by atoms with Crippen molar-refractivity contribution in [3.8, 4) is 5.75 Å². The fourth-order valence-electron chi connectivity index (χ4n) is 1.41. The monoisotopic (exact) mass is 263 g/mol. The van der Waals surface area contributed by atoms with E-state index in [0.29, 0.717) is 5.82 Å². The SMILES string of the molecule is NC(=S)c1c(F)cccc1OCc1ncccn1. The van der Waals surface area contributed by atoms with E-state index in [1.54, 1.807) is 24.5 Å². The zero-order valence-corrected chi connectivity index (χ0v) is 10.2. The Kier molecular flexibility index (Phi) is 3.78. The molecule has 0 bridgehead atoms. The van der Waals surface area contributed by atoms with Crippen LogP contribution >= 0.6 is 12.2 Å². The largest absolute Gasteiger partial charge is 0.485 e. The minimum atomic E-state index is -0.506. The second-order valence-electron chi connectivity index (χ2n) is 3.43. The molecule has 0 saturated carbocycles. The minimum absolute atomic E-state index is 0.0444. The van der Waals surface area contributed by atoms with E-state index in [4.69, 9.17) is 22.7 Å². The number of ether oxygens (including phenoxy) is 1. The van der Waals surface area contributed by atoms with Gasteiger partial charge in [0.2, 0.25) is 0 Å². The third kappa shape index (κ3) is 2.78. The van der Waals surface area contributed by atoms with Crippen LogP contribution < -0.4 is 10.5 Å². The van der Waals surface area contributed by atoms with Crippen LogP contribution in [0.25, 0.3) is 0 Å². The number of nitrogens with two attached hydrogens (primary N) is 1. The van der Waals surface area contributed by atoms with Crippen molar-refractivity contribution >= 4 is 17.2 Å². The quantitative estimate of drug-likeness (QED) is 0.853. The van der Waals surface area contributed by atoms with Crippen LogP contribution in [0, 0.1) is 5.82 Å². The zero-order valence-electron chi connectivity index (χ0n) is 9.34. The molecule has 0 saturated heterocycles. The van der Waals surface area contributed by atoms with Gasteiger partial charge in [-0.1, -0.05) is 18.3 Å². The molecule has 18 heavy (non-hydrogen) atoms. The summed E-state index contributed by atoms with van der Waals surface area (Å²) in [5, 5.41) is 0. The van der Waals surface area contributed by atoms with Gasteiger partial charge in [0.15, 0.2) is 5.82 Å². The summed E-state index contributed by atoms with van der Waals surface area (Å²) in [5.74, 6) is 0.277. The molecule has 0 radical (unpaired) electrons.